The average molecular weight is 395 g/mol. The van der Waals surface area contributed by atoms with Crippen molar-refractivity contribution in [3.63, 3.8) is 0 Å². The maximum Gasteiger partial charge on any atom is 0.379 e. The van der Waals surface area contributed by atoms with Crippen LogP contribution in [0.25, 0.3) is 5.78 Å². The number of benzene rings is 1. The molecule has 1 atom stereocenters. The van der Waals surface area contributed by atoms with Gasteiger partial charge in [0.15, 0.2) is 6.10 Å². The van der Waals surface area contributed by atoms with Gasteiger partial charge in [0.25, 0.3) is 17.5 Å². The summed E-state index contributed by atoms with van der Waals surface area (Å²) in [6, 6.07) is 9.41. The standard InChI is InChI=1S/C21H25N5O3/c1-12-11-13(2)26-20(22-12)24-17(25-26)19(28)29-14(3)18(27)23-16-9-7-15(8-10-16)21(4,5)6/h7-11,14H,1-6H3,(H,23,27). The van der Waals surface area contributed by atoms with Gasteiger partial charge < -0.3 is 10.1 Å². The normalized spacial score (nSPS) is 12.6. The van der Waals surface area contributed by atoms with Crippen LogP contribution < -0.4 is 5.32 Å². The average Bonchev–Trinajstić information content (AvgIpc) is 3.05. The summed E-state index contributed by atoms with van der Waals surface area (Å²) >= 11 is 0. The number of aromatic nitrogens is 4. The molecule has 3 aromatic rings. The van der Waals surface area contributed by atoms with Crippen LogP contribution >= 0.6 is 0 Å². The van der Waals surface area contributed by atoms with Gasteiger partial charge in [0.2, 0.25) is 0 Å². The van der Waals surface area contributed by atoms with Gasteiger partial charge in [-0.25, -0.2) is 14.3 Å². The number of anilines is 1. The molecule has 0 spiro atoms. The number of ether oxygens (including phenoxy) is 1. The van der Waals surface area contributed by atoms with Crippen molar-refractivity contribution in [2.24, 2.45) is 0 Å². The number of amides is 1. The minimum absolute atomic E-state index is 0.0260. The van der Waals surface area contributed by atoms with Gasteiger partial charge in [-0.05, 0) is 49.9 Å². The Balaban J connectivity index is 1.66. The lowest BCUT2D eigenvalue weighted by molar-refractivity contribution is -0.123. The number of fused-ring (bicyclic) bond motifs is 1. The Labute approximate surface area is 169 Å². The molecule has 0 bridgehead atoms. The molecule has 0 aliphatic rings. The Morgan fingerprint density at radius 3 is 2.38 bits per heavy atom. The molecule has 8 heteroatoms. The first-order chi connectivity index (χ1) is 13.5. The topological polar surface area (TPSA) is 98.5 Å². The van der Waals surface area contributed by atoms with E-state index in [-0.39, 0.29) is 11.2 Å². The molecular formula is C21H25N5O3. The van der Waals surface area contributed by atoms with E-state index in [9.17, 15) is 9.59 Å². The van der Waals surface area contributed by atoms with Crippen molar-refractivity contribution in [1.82, 2.24) is 19.6 Å². The Hall–Kier alpha value is -3.29. The second-order valence-corrected chi connectivity index (χ2v) is 8.05. The molecule has 152 valence electrons. The van der Waals surface area contributed by atoms with Crippen LogP contribution in [-0.2, 0) is 14.9 Å². The van der Waals surface area contributed by atoms with Crippen molar-refractivity contribution in [3.8, 4) is 0 Å². The summed E-state index contributed by atoms with van der Waals surface area (Å²) in [5.41, 5.74) is 3.38. The van der Waals surface area contributed by atoms with Gasteiger partial charge in [-0.3, -0.25) is 4.79 Å². The number of carbonyl (C=O) groups is 2. The van der Waals surface area contributed by atoms with E-state index < -0.39 is 18.0 Å². The van der Waals surface area contributed by atoms with E-state index in [0.717, 1.165) is 17.0 Å². The fourth-order valence-electron chi connectivity index (χ4n) is 2.82. The van der Waals surface area contributed by atoms with E-state index in [2.05, 4.69) is 41.2 Å². The first-order valence-corrected chi connectivity index (χ1v) is 9.38. The minimum Gasteiger partial charge on any atom is -0.447 e. The van der Waals surface area contributed by atoms with Gasteiger partial charge in [-0.1, -0.05) is 32.9 Å². The zero-order valence-electron chi connectivity index (χ0n) is 17.5. The molecule has 1 aromatic carbocycles. The van der Waals surface area contributed by atoms with Crippen molar-refractivity contribution in [2.75, 3.05) is 5.32 Å². The van der Waals surface area contributed by atoms with Gasteiger partial charge in [-0.2, -0.15) is 4.98 Å². The molecule has 0 saturated carbocycles. The van der Waals surface area contributed by atoms with Crippen molar-refractivity contribution in [1.29, 1.82) is 0 Å². The SMILES string of the molecule is Cc1cc(C)n2nc(C(=O)OC(C)C(=O)Nc3ccc(C(C)(C)C)cc3)nc2n1. The van der Waals surface area contributed by atoms with Crippen LogP contribution in [0.4, 0.5) is 5.69 Å². The summed E-state index contributed by atoms with van der Waals surface area (Å²) in [7, 11) is 0. The second-order valence-electron chi connectivity index (χ2n) is 8.05. The number of nitrogens with one attached hydrogen (secondary N) is 1. The van der Waals surface area contributed by atoms with Gasteiger partial charge in [0, 0.05) is 17.1 Å². The molecule has 3 rings (SSSR count). The molecule has 0 aliphatic heterocycles. The summed E-state index contributed by atoms with van der Waals surface area (Å²) in [4.78, 5) is 33.1. The third-order valence-electron chi connectivity index (χ3n) is 4.47. The number of hydrogen-bond donors (Lipinski definition) is 1. The largest absolute Gasteiger partial charge is 0.447 e. The summed E-state index contributed by atoms with van der Waals surface area (Å²) in [5, 5.41) is 6.86. The van der Waals surface area contributed by atoms with Crippen molar-refractivity contribution in [2.45, 2.75) is 53.1 Å². The Bertz CT molecular complexity index is 1060. The van der Waals surface area contributed by atoms with Crippen LogP contribution in [0.3, 0.4) is 0 Å². The summed E-state index contributed by atoms with van der Waals surface area (Å²) < 4.78 is 6.69. The molecule has 1 unspecified atom stereocenters. The maximum atomic E-state index is 12.4. The third kappa shape index (κ3) is 4.59. The highest BCUT2D eigenvalue weighted by atomic mass is 16.5. The van der Waals surface area contributed by atoms with E-state index in [4.69, 9.17) is 4.74 Å². The molecule has 8 nitrogen and oxygen atoms in total. The van der Waals surface area contributed by atoms with Gasteiger partial charge in [-0.15, -0.1) is 5.10 Å². The number of rotatable bonds is 4. The Morgan fingerprint density at radius 1 is 1.10 bits per heavy atom. The van der Waals surface area contributed by atoms with E-state index in [1.54, 1.807) is 0 Å². The van der Waals surface area contributed by atoms with Gasteiger partial charge >= 0.3 is 5.97 Å². The van der Waals surface area contributed by atoms with E-state index in [0.29, 0.717) is 11.5 Å². The molecule has 0 aliphatic carbocycles. The molecule has 0 radical (unpaired) electrons. The van der Waals surface area contributed by atoms with Gasteiger partial charge in [0.05, 0.1) is 0 Å². The first-order valence-electron chi connectivity index (χ1n) is 9.38. The quantitative estimate of drug-likeness (QED) is 0.681. The summed E-state index contributed by atoms with van der Waals surface area (Å²) in [6.07, 6.45) is -1.01. The van der Waals surface area contributed by atoms with E-state index in [1.807, 2.05) is 44.2 Å². The van der Waals surface area contributed by atoms with E-state index >= 15 is 0 Å². The molecule has 29 heavy (non-hydrogen) atoms. The molecule has 1 N–H and O–H groups in total. The first kappa shape index (κ1) is 20.4. The third-order valence-corrected chi connectivity index (χ3v) is 4.47. The van der Waals surface area contributed by atoms with E-state index in [1.165, 1.54) is 11.4 Å². The molecule has 1 amide bonds. The van der Waals surface area contributed by atoms with Crippen molar-refractivity contribution < 1.29 is 14.3 Å². The number of aryl methyl sites for hydroxylation is 2. The van der Waals surface area contributed by atoms with Crippen LogP contribution in [0.1, 0.15) is 55.3 Å². The number of hydrogen-bond acceptors (Lipinski definition) is 6. The molecular weight excluding hydrogens is 370 g/mol. The van der Waals surface area contributed by atoms with Crippen LogP contribution in [0, 0.1) is 13.8 Å². The predicted molar refractivity (Wildman–Crippen MR) is 109 cm³/mol. The molecule has 2 aromatic heterocycles. The van der Waals surface area contributed by atoms with Crippen molar-refractivity contribution in [3.05, 3.63) is 53.1 Å². The second kappa shape index (κ2) is 7.62. The van der Waals surface area contributed by atoms with Crippen LogP contribution in [0.5, 0.6) is 0 Å². The Kier molecular flexibility index (Phi) is 5.37. The minimum atomic E-state index is -1.01. The lowest BCUT2D eigenvalue weighted by Crippen LogP contribution is -2.30. The fourth-order valence-corrected chi connectivity index (χ4v) is 2.82. The fraction of sp³-hybridized carbons (Fsp3) is 0.381. The zero-order valence-corrected chi connectivity index (χ0v) is 17.5. The Morgan fingerprint density at radius 2 is 1.76 bits per heavy atom. The number of nitrogens with zero attached hydrogens (tertiary/aromatic N) is 4. The molecule has 0 saturated heterocycles. The lowest BCUT2D eigenvalue weighted by atomic mass is 9.87. The summed E-state index contributed by atoms with van der Waals surface area (Å²) in [6.45, 7) is 11.5. The lowest BCUT2D eigenvalue weighted by Gasteiger charge is -2.19. The van der Waals surface area contributed by atoms with Gasteiger partial charge in [0.1, 0.15) is 0 Å². The zero-order chi connectivity index (χ0) is 21.3. The maximum absolute atomic E-state index is 12.4. The highest BCUT2D eigenvalue weighted by molar-refractivity contribution is 5.96. The smallest absolute Gasteiger partial charge is 0.379 e. The number of carbonyl (C=O) groups excluding carboxylic acids is 2. The highest BCUT2D eigenvalue weighted by Crippen LogP contribution is 2.23. The predicted octanol–water partition coefficient (Wildman–Crippen LogP) is 3.22. The molecule has 2 heterocycles. The molecule has 0 fully saturated rings. The van der Waals surface area contributed by atoms with Crippen molar-refractivity contribution >= 4 is 23.3 Å². The van der Waals surface area contributed by atoms with Crippen LogP contribution in [-0.4, -0.2) is 37.6 Å². The van der Waals surface area contributed by atoms with Crippen LogP contribution in [0.15, 0.2) is 30.3 Å². The van der Waals surface area contributed by atoms with Crippen LogP contribution in [0.2, 0.25) is 0 Å². The highest BCUT2D eigenvalue weighted by Gasteiger charge is 2.23. The monoisotopic (exact) mass is 395 g/mol. The summed E-state index contributed by atoms with van der Waals surface area (Å²) in [5.74, 6) is -1.04. The number of esters is 1.